The molecular weight excluding hydrogens is 581 g/mol. The van der Waals surface area contributed by atoms with Gasteiger partial charge in [-0.25, -0.2) is 4.98 Å². The van der Waals surface area contributed by atoms with E-state index in [0.717, 1.165) is 49.7 Å². The zero-order chi connectivity index (χ0) is 31.0. The number of anilines is 3. The molecule has 1 aromatic carbocycles. The number of rotatable bonds is 5. The fourth-order valence-corrected chi connectivity index (χ4v) is 5.01. The fourth-order valence-electron chi connectivity index (χ4n) is 5.01. The van der Waals surface area contributed by atoms with E-state index in [4.69, 9.17) is 5.26 Å². The summed E-state index contributed by atoms with van der Waals surface area (Å²) in [6, 6.07) is 9.57. The van der Waals surface area contributed by atoms with Crippen LogP contribution >= 0.6 is 0 Å². The van der Waals surface area contributed by atoms with Crippen LogP contribution < -0.4 is 20.1 Å². The molecule has 0 amide bonds. The molecule has 0 bridgehead atoms. The van der Waals surface area contributed by atoms with Gasteiger partial charge < -0.3 is 15.1 Å². The molecule has 1 N–H and O–H groups in total. The molecule has 1 saturated carbocycles. The summed E-state index contributed by atoms with van der Waals surface area (Å²) in [5, 5.41) is 11.9. The molecule has 43 heavy (non-hydrogen) atoms. The van der Waals surface area contributed by atoms with Crippen LogP contribution in [0.5, 0.6) is 5.75 Å². The van der Waals surface area contributed by atoms with E-state index < -0.39 is 23.5 Å². The maximum atomic E-state index is 12.8. The van der Waals surface area contributed by atoms with E-state index in [2.05, 4.69) is 20.2 Å². The van der Waals surface area contributed by atoms with E-state index >= 15 is 0 Å². The van der Waals surface area contributed by atoms with Gasteiger partial charge in [-0.05, 0) is 43.2 Å². The zero-order valence-corrected chi connectivity index (χ0v) is 22.9. The third kappa shape index (κ3) is 8.62. The van der Waals surface area contributed by atoms with Crippen molar-refractivity contribution in [1.82, 2.24) is 9.97 Å². The van der Waals surface area contributed by atoms with Gasteiger partial charge in [0.1, 0.15) is 5.82 Å². The minimum absolute atomic E-state index is 0.0272. The van der Waals surface area contributed by atoms with Crippen molar-refractivity contribution in [3.8, 4) is 11.8 Å². The van der Waals surface area contributed by atoms with Crippen molar-refractivity contribution in [2.24, 2.45) is 0 Å². The topological polar surface area (TPSA) is 77.3 Å². The lowest BCUT2D eigenvalue weighted by atomic mass is 9.95. The highest BCUT2D eigenvalue weighted by atomic mass is 19.4. The second-order valence-corrected chi connectivity index (χ2v) is 10.2. The number of piperazine rings is 1. The van der Waals surface area contributed by atoms with E-state index in [9.17, 15) is 30.9 Å². The highest BCUT2D eigenvalue weighted by Gasteiger charge is 2.34. The maximum Gasteiger partial charge on any atom is 0.417 e. The van der Waals surface area contributed by atoms with Gasteiger partial charge in [-0.3, -0.25) is 9.93 Å². The number of hydrogen-bond acceptors (Lipinski definition) is 7. The zero-order valence-electron chi connectivity index (χ0n) is 22.9. The average Bonchev–Trinajstić information content (AvgIpc) is 3.01. The summed E-state index contributed by atoms with van der Waals surface area (Å²) in [6.45, 7) is 2.39. The predicted molar refractivity (Wildman–Crippen MR) is 146 cm³/mol. The molecule has 2 aromatic heterocycles. The summed E-state index contributed by atoms with van der Waals surface area (Å²) in [7, 11) is 0. The quantitative estimate of drug-likeness (QED) is 0.302. The first-order chi connectivity index (χ1) is 20.5. The standard InChI is InChI=1S/C15H14F4N4O.C14H15F3N2/c16-15(17,18)11-1-2-14(21-8-11)23-5-3-22(4-6-23)12-7-13(24-19)10-20-9-12;15-14(16,17)13-8-12(7-6-10(13)9-18)19-11-4-2-1-3-5-11/h1-2,7-10H,3-6H2;6-8,11,19H,1-5H2. The van der Waals surface area contributed by atoms with E-state index in [-0.39, 0.29) is 17.4 Å². The van der Waals surface area contributed by atoms with E-state index in [0.29, 0.717) is 37.7 Å². The normalized spacial score (nSPS) is 16.1. The van der Waals surface area contributed by atoms with Gasteiger partial charge in [-0.2, -0.15) is 31.6 Å². The molecular formula is C29H29F7N6O. The van der Waals surface area contributed by atoms with Crippen LogP contribution in [0.4, 0.5) is 48.1 Å². The van der Waals surface area contributed by atoms with Gasteiger partial charge >= 0.3 is 12.4 Å². The lowest BCUT2D eigenvalue weighted by Crippen LogP contribution is -2.46. The molecule has 230 valence electrons. The minimum Gasteiger partial charge on any atom is -0.382 e. The predicted octanol–water partition coefficient (Wildman–Crippen LogP) is 7.41. The highest BCUT2D eigenvalue weighted by Crippen LogP contribution is 2.34. The Morgan fingerprint density at radius 1 is 0.837 bits per heavy atom. The first-order valence-electron chi connectivity index (χ1n) is 13.6. The number of halogens is 7. The first kappa shape index (κ1) is 31.7. The van der Waals surface area contributed by atoms with Crippen LogP contribution in [0, 0.1) is 11.3 Å². The Morgan fingerprint density at radius 2 is 1.53 bits per heavy atom. The molecule has 0 unspecified atom stereocenters. The number of aromatic nitrogens is 2. The first-order valence-corrected chi connectivity index (χ1v) is 13.6. The van der Waals surface area contributed by atoms with Crippen molar-refractivity contribution in [1.29, 1.82) is 5.26 Å². The van der Waals surface area contributed by atoms with Gasteiger partial charge in [-0.1, -0.05) is 19.3 Å². The average molecular weight is 611 g/mol. The van der Waals surface area contributed by atoms with Gasteiger partial charge in [0.2, 0.25) is 0 Å². The van der Waals surface area contributed by atoms with Crippen molar-refractivity contribution >= 4 is 17.2 Å². The number of hydrogen-bond donors (Lipinski definition) is 1. The van der Waals surface area contributed by atoms with Crippen LogP contribution in [-0.2, 0) is 12.4 Å². The third-order valence-electron chi connectivity index (χ3n) is 7.25. The van der Waals surface area contributed by atoms with Crippen molar-refractivity contribution in [2.75, 3.05) is 41.3 Å². The summed E-state index contributed by atoms with van der Waals surface area (Å²) in [5.74, 6) is 0.529. The van der Waals surface area contributed by atoms with Crippen molar-refractivity contribution in [2.45, 2.75) is 50.5 Å². The molecule has 1 saturated heterocycles. The Labute approximate surface area is 243 Å². The number of benzene rings is 1. The lowest BCUT2D eigenvalue weighted by molar-refractivity contribution is -0.138. The molecule has 2 fully saturated rings. The Bertz CT molecular complexity index is 1380. The maximum absolute atomic E-state index is 12.8. The Kier molecular flexibility index (Phi) is 10.2. The van der Waals surface area contributed by atoms with Crippen LogP contribution in [0.3, 0.4) is 0 Å². The van der Waals surface area contributed by atoms with Crippen LogP contribution in [0.1, 0.15) is 48.8 Å². The Balaban J connectivity index is 0.000000203. The number of nitriles is 1. The highest BCUT2D eigenvalue weighted by molar-refractivity contribution is 5.54. The van der Waals surface area contributed by atoms with Gasteiger partial charge in [-0.15, -0.1) is 0 Å². The number of nitrogens with zero attached hydrogens (tertiary/aromatic N) is 5. The molecule has 0 atom stereocenters. The van der Waals surface area contributed by atoms with Crippen LogP contribution in [-0.4, -0.2) is 42.2 Å². The van der Waals surface area contributed by atoms with E-state index in [1.807, 2.05) is 9.80 Å². The van der Waals surface area contributed by atoms with Crippen molar-refractivity contribution in [3.05, 3.63) is 71.7 Å². The van der Waals surface area contributed by atoms with Crippen LogP contribution in [0.2, 0.25) is 0 Å². The lowest BCUT2D eigenvalue weighted by Gasteiger charge is -2.36. The molecule has 3 aromatic rings. The van der Waals surface area contributed by atoms with E-state index in [1.54, 1.807) is 24.4 Å². The number of nitrogens with one attached hydrogen (secondary N) is 1. The second-order valence-electron chi connectivity index (χ2n) is 10.2. The fraction of sp³-hybridized carbons (Fsp3) is 0.414. The van der Waals surface area contributed by atoms with Crippen molar-refractivity contribution in [3.63, 3.8) is 0 Å². The largest absolute Gasteiger partial charge is 0.417 e. The summed E-state index contributed by atoms with van der Waals surface area (Å²) >= 11 is 0. The summed E-state index contributed by atoms with van der Waals surface area (Å²) in [4.78, 5) is 15.4. The van der Waals surface area contributed by atoms with Crippen molar-refractivity contribution < 1.29 is 35.8 Å². The Morgan fingerprint density at radius 3 is 2.12 bits per heavy atom. The summed E-state index contributed by atoms with van der Waals surface area (Å²) in [6.07, 6.45) is 0.229. The molecule has 3 heterocycles. The van der Waals surface area contributed by atoms with E-state index in [1.165, 1.54) is 24.8 Å². The second kappa shape index (κ2) is 13.8. The molecule has 0 radical (unpaired) electrons. The Hall–Kier alpha value is -4.28. The van der Waals surface area contributed by atoms with Gasteiger partial charge in [0.25, 0.3) is 0 Å². The van der Waals surface area contributed by atoms with Gasteiger partial charge in [0.05, 0.1) is 40.8 Å². The molecule has 0 spiro atoms. The van der Waals surface area contributed by atoms with Crippen LogP contribution in [0.25, 0.3) is 0 Å². The molecule has 14 heteroatoms. The monoisotopic (exact) mass is 610 g/mol. The van der Waals surface area contributed by atoms with Gasteiger partial charge in [0, 0.05) is 54.7 Å². The molecule has 5 rings (SSSR count). The molecule has 2 aliphatic rings. The molecule has 1 aliphatic heterocycles. The summed E-state index contributed by atoms with van der Waals surface area (Å²) in [5.41, 5.74) is -0.792. The number of alkyl halides is 6. The molecule has 7 nitrogen and oxygen atoms in total. The van der Waals surface area contributed by atoms with Gasteiger partial charge in [0.15, 0.2) is 5.75 Å². The summed E-state index contributed by atoms with van der Waals surface area (Å²) < 4.78 is 88.3. The van der Waals surface area contributed by atoms with Crippen LogP contribution in [0.15, 0.2) is 55.0 Å². The molecule has 1 aliphatic carbocycles. The SMILES string of the molecule is FOc1cncc(N2CCN(c3ccc(C(F)(F)F)cn3)CC2)c1.N#Cc1ccc(NC2CCCCC2)cc1C(F)(F)F. The smallest absolute Gasteiger partial charge is 0.382 e. The minimum atomic E-state index is -4.49. The number of pyridine rings is 2. The third-order valence-corrected chi connectivity index (χ3v) is 7.25.